The Hall–Kier alpha value is -1.00. The second-order valence-corrected chi connectivity index (χ2v) is 3.93. The number of rotatable bonds is 2. The molecule has 0 bridgehead atoms. The number of carbonyl (C=O) groups is 1. The number of halogens is 6. The van der Waals surface area contributed by atoms with E-state index < -0.39 is 39.0 Å². The van der Waals surface area contributed by atoms with Crippen LogP contribution in [0, 0.1) is 3.57 Å². The third-order valence-electron chi connectivity index (χ3n) is 1.76. The van der Waals surface area contributed by atoms with E-state index in [0.29, 0.717) is 6.20 Å². The Kier molecular flexibility index (Phi) is 3.89. The van der Waals surface area contributed by atoms with E-state index in [2.05, 4.69) is 4.98 Å². The average molecular weight is 367 g/mol. The van der Waals surface area contributed by atoms with Crippen molar-refractivity contribution in [2.75, 3.05) is 0 Å². The van der Waals surface area contributed by atoms with Crippen LogP contribution in [0.25, 0.3) is 0 Å². The number of hydrogen-bond acceptors (Lipinski definition) is 2. The lowest BCUT2D eigenvalue weighted by Gasteiger charge is -2.14. The first-order valence-corrected chi connectivity index (χ1v) is 5.01. The molecular formula is C8H3F5INO2. The second kappa shape index (κ2) is 4.70. The first-order valence-electron chi connectivity index (χ1n) is 3.93. The van der Waals surface area contributed by atoms with E-state index in [9.17, 15) is 26.7 Å². The van der Waals surface area contributed by atoms with Crippen molar-refractivity contribution in [1.82, 2.24) is 4.98 Å². The molecule has 9 heteroatoms. The van der Waals surface area contributed by atoms with Crippen LogP contribution in [-0.4, -0.2) is 16.1 Å². The standard InChI is InChI=1S/C8H3F5INO2/c9-6(10)2-1-15-5(7(16)17)3(4(2)14)8(11,12)13/h1,6H,(H,16,17). The molecule has 1 heterocycles. The van der Waals surface area contributed by atoms with Gasteiger partial charge in [-0.2, -0.15) is 13.2 Å². The Labute approximate surface area is 105 Å². The van der Waals surface area contributed by atoms with Crippen LogP contribution < -0.4 is 0 Å². The summed E-state index contributed by atoms with van der Waals surface area (Å²) in [6.45, 7) is 0. The molecule has 3 nitrogen and oxygen atoms in total. The van der Waals surface area contributed by atoms with Crippen LogP contribution in [0.1, 0.15) is 28.0 Å². The number of hydrogen-bond donors (Lipinski definition) is 1. The van der Waals surface area contributed by atoms with Gasteiger partial charge in [-0.25, -0.2) is 18.6 Å². The van der Waals surface area contributed by atoms with Gasteiger partial charge in [-0.3, -0.25) is 0 Å². The predicted molar refractivity (Wildman–Crippen MR) is 53.9 cm³/mol. The molecule has 1 N–H and O–H groups in total. The van der Waals surface area contributed by atoms with Gasteiger partial charge in [0.15, 0.2) is 5.69 Å². The summed E-state index contributed by atoms with van der Waals surface area (Å²) >= 11 is 1.04. The molecule has 0 spiro atoms. The van der Waals surface area contributed by atoms with Gasteiger partial charge in [0.2, 0.25) is 0 Å². The fourth-order valence-electron chi connectivity index (χ4n) is 1.08. The fourth-order valence-corrected chi connectivity index (χ4v) is 2.01. The number of nitrogens with zero attached hydrogens (tertiary/aromatic N) is 1. The smallest absolute Gasteiger partial charge is 0.419 e. The normalized spacial score (nSPS) is 11.9. The summed E-state index contributed by atoms with van der Waals surface area (Å²) in [7, 11) is 0. The summed E-state index contributed by atoms with van der Waals surface area (Å²) < 4.78 is 61.6. The minimum atomic E-state index is -5.05. The molecule has 0 radical (unpaired) electrons. The van der Waals surface area contributed by atoms with Crippen molar-refractivity contribution in [1.29, 1.82) is 0 Å². The van der Waals surface area contributed by atoms with E-state index in [4.69, 9.17) is 5.11 Å². The van der Waals surface area contributed by atoms with E-state index in [1.54, 1.807) is 0 Å². The molecule has 0 aliphatic heterocycles. The van der Waals surface area contributed by atoms with Crippen molar-refractivity contribution in [3.8, 4) is 0 Å². The quantitative estimate of drug-likeness (QED) is 0.645. The van der Waals surface area contributed by atoms with Crippen LogP contribution in [0.5, 0.6) is 0 Å². The van der Waals surface area contributed by atoms with Gasteiger partial charge < -0.3 is 5.11 Å². The molecule has 0 amide bonds. The molecule has 0 atom stereocenters. The molecule has 0 aromatic carbocycles. The summed E-state index contributed by atoms with van der Waals surface area (Å²) in [6, 6.07) is 0. The Bertz CT molecular complexity index is 460. The van der Waals surface area contributed by atoms with Crippen molar-refractivity contribution >= 4 is 28.6 Å². The zero-order valence-corrected chi connectivity index (χ0v) is 9.88. The second-order valence-electron chi connectivity index (χ2n) is 2.85. The van der Waals surface area contributed by atoms with E-state index in [1.165, 1.54) is 0 Å². The lowest BCUT2D eigenvalue weighted by molar-refractivity contribution is -0.139. The Balaban J connectivity index is 3.60. The maximum Gasteiger partial charge on any atom is 0.419 e. The maximum absolute atomic E-state index is 12.6. The van der Waals surface area contributed by atoms with Crippen molar-refractivity contribution < 1.29 is 31.9 Å². The Morgan fingerprint density at radius 1 is 1.41 bits per heavy atom. The number of carboxylic acids is 1. The van der Waals surface area contributed by atoms with Crippen LogP contribution in [0.15, 0.2) is 6.20 Å². The fraction of sp³-hybridized carbons (Fsp3) is 0.250. The molecule has 0 fully saturated rings. The van der Waals surface area contributed by atoms with Crippen LogP contribution in [-0.2, 0) is 6.18 Å². The zero-order chi connectivity index (χ0) is 13.4. The molecular weight excluding hydrogens is 364 g/mol. The molecule has 0 saturated carbocycles. The zero-order valence-electron chi connectivity index (χ0n) is 7.73. The molecule has 17 heavy (non-hydrogen) atoms. The summed E-state index contributed by atoms with van der Waals surface area (Å²) in [6.07, 6.45) is -7.77. The van der Waals surface area contributed by atoms with Gasteiger partial charge in [0, 0.05) is 9.77 Å². The number of aromatic carboxylic acids is 1. The van der Waals surface area contributed by atoms with Gasteiger partial charge in [-0.1, -0.05) is 0 Å². The first-order chi connectivity index (χ1) is 7.66. The highest BCUT2D eigenvalue weighted by atomic mass is 127. The molecule has 94 valence electrons. The third-order valence-corrected chi connectivity index (χ3v) is 2.93. The van der Waals surface area contributed by atoms with E-state index in [1.807, 2.05) is 0 Å². The minimum absolute atomic E-state index is 0.436. The number of carboxylic acid groups (broad SMARTS) is 1. The number of pyridine rings is 1. The largest absolute Gasteiger partial charge is 0.476 e. The van der Waals surface area contributed by atoms with Crippen molar-refractivity contribution in [3.05, 3.63) is 26.6 Å². The van der Waals surface area contributed by atoms with Crippen LogP contribution in [0.2, 0.25) is 0 Å². The van der Waals surface area contributed by atoms with E-state index in [-0.39, 0.29) is 0 Å². The highest BCUT2D eigenvalue weighted by molar-refractivity contribution is 14.1. The topological polar surface area (TPSA) is 50.2 Å². The molecule has 1 rings (SSSR count). The molecule has 1 aromatic rings. The van der Waals surface area contributed by atoms with Crippen LogP contribution in [0.4, 0.5) is 22.0 Å². The summed E-state index contributed by atoms with van der Waals surface area (Å²) in [5, 5.41) is 8.53. The summed E-state index contributed by atoms with van der Waals surface area (Å²) in [5.41, 5.74) is -3.88. The van der Waals surface area contributed by atoms with Gasteiger partial charge in [-0.15, -0.1) is 0 Å². The van der Waals surface area contributed by atoms with Crippen molar-refractivity contribution in [2.24, 2.45) is 0 Å². The van der Waals surface area contributed by atoms with Gasteiger partial charge in [-0.05, 0) is 22.6 Å². The highest BCUT2D eigenvalue weighted by Gasteiger charge is 2.40. The van der Waals surface area contributed by atoms with Gasteiger partial charge in [0.25, 0.3) is 6.43 Å². The van der Waals surface area contributed by atoms with E-state index in [0.717, 1.165) is 22.6 Å². The predicted octanol–water partition coefficient (Wildman–Crippen LogP) is 3.34. The molecule has 0 saturated heterocycles. The number of aromatic nitrogens is 1. The lowest BCUT2D eigenvalue weighted by atomic mass is 10.1. The monoisotopic (exact) mass is 367 g/mol. The van der Waals surface area contributed by atoms with Crippen LogP contribution in [0.3, 0.4) is 0 Å². The highest BCUT2D eigenvalue weighted by Crippen LogP contribution is 2.38. The van der Waals surface area contributed by atoms with Gasteiger partial charge in [0.05, 0.1) is 5.56 Å². The first kappa shape index (κ1) is 14.1. The minimum Gasteiger partial charge on any atom is -0.476 e. The summed E-state index contributed by atoms with van der Waals surface area (Å²) in [4.78, 5) is 13.5. The van der Waals surface area contributed by atoms with E-state index >= 15 is 0 Å². The Morgan fingerprint density at radius 2 is 1.94 bits per heavy atom. The maximum atomic E-state index is 12.6. The molecule has 0 unspecified atom stereocenters. The lowest BCUT2D eigenvalue weighted by Crippen LogP contribution is -2.18. The average Bonchev–Trinajstić information content (AvgIpc) is 2.14. The summed E-state index contributed by atoms with van der Waals surface area (Å²) in [5.74, 6) is -1.92. The molecule has 1 aromatic heterocycles. The van der Waals surface area contributed by atoms with Crippen molar-refractivity contribution in [2.45, 2.75) is 12.6 Å². The van der Waals surface area contributed by atoms with Gasteiger partial charge >= 0.3 is 12.1 Å². The third kappa shape index (κ3) is 2.82. The molecule has 0 aliphatic carbocycles. The van der Waals surface area contributed by atoms with Gasteiger partial charge in [0.1, 0.15) is 5.56 Å². The molecule has 0 aliphatic rings. The SMILES string of the molecule is O=C(O)c1ncc(C(F)F)c(I)c1C(F)(F)F. The van der Waals surface area contributed by atoms with Crippen molar-refractivity contribution in [3.63, 3.8) is 0 Å². The number of alkyl halides is 5. The Morgan fingerprint density at radius 3 is 2.29 bits per heavy atom. The van der Waals surface area contributed by atoms with Crippen LogP contribution >= 0.6 is 22.6 Å².